The van der Waals surface area contributed by atoms with E-state index in [2.05, 4.69) is 19.9 Å². The van der Waals surface area contributed by atoms with Gasteiger partial charge in [-0.2, -0.15) is 0 Å². The fraction of sp³-hybridized carbons (Fsp3) is 0.345. The van der Waals surface area contributed by atoms with Crippen molar-refractivity contribution in [3.63, 3.8) is 0 Å². The van der Waals surface area contributed by atoms with Gasteiger partial charge in [-0.05, 0) is 54.8 Å². The highest BCUT2D eigenvalue weighted by Gasteiger charge is 2.24. The Balaban J connectivity index is 1.47. The Hall–Kier alpha value is -3.54. The van der Waals surface area contributed by atoms with Crippen molar-refractivity contribution in [1.29, 1.82) is 0 Å². The molecule has 3 aromatic carbocycles. The van der Waals surface area contributed by atoms with Gasteiger partial charge in [0.1, 0.15) is 23.9 Å². The van der Waals surface area contributed by atoms with Crippen LogP contribution in [0.3, 0.4) is 0 Å². The highest BCUT2D eigenvalue weighted by Crippen LogP contribution is 2.29. The number of benzene rings is 3. The summed E-state index contributed by atoms with van der Waals surface area (Å²) in [5, 5.41) is 0. The van der Waals surface area contributed by atoms with Crippen LogP contribution in [0.4, 0.5) is 10.1 Å². The van der Waals surface area contributed by atoms with Gasteiger partial charge in [0.05, 0.1) is 12.3 Å². The predicted octanol–water partition coefficient (Wildman–Crippen LogP) is 5.89. The first kappa shape index (κ1) is 24.6. The minimum Gasteiger partial charge on any atom is -0.493 e. The normalized spacial score (nSPS) is 13.7. The molecule has 184 valence electrons. The fourth-order valence-corrected chi connectivity index (χ4v) is 4.41. The minimum absolute atomic E-state index is 0.0370. The molecule has 0 spiro atoms. The number of amides is 1. The molecule has 35 heavy (non-hydrogen) atoms. The van der Waals surface area contributed by atoms with Crippen LogP contribution in [0, 0.1) is 5.82 Å². The predicted molar refractivity (Wildman–Crippen MR) is 137 cm³/mol. The molecule has 0 aliphatic carbocycles. The monoisotopic (exact) mass is 476 g/mol. The molecule has 1 fully saturated rings. The Morgan fingerprint density at radius 3 is 2.34 bits per heavy atom. The van der Waals surface area contributed by atoms with Crippen molar-refractivity contribution in [2.45, 2.75) is 33.3 Å². The van der Waals surface area contributed by atoms with Gasteiger partial charge in [0.2, 0.25) is 0 Å². The quantitative estimate of drug-likeness (QED) is 0.407. The van der Waals surface area contributed by atoms with Crippen LogP contribution in [0.15, 0.2) is 66.7 Å². The highest BCUT2D eigenvalue weighted by atomic mass is 19.1. The average molecular weight is 477 g/mol. The first-order valence-electron chi connectivity index (χ1n) is 12.2. The second-order valence-corrected chi connectivity index (χ2v) is 8.97. The van der Waals surface area contributed by atoms with Crippen molar-refractivity contribution >= 4 is 11.6 Å². The van der Waals surface area contributed by atoms with E-state index in [4.69, 9.17) is 9.47 Å². The minimum atomic E-state index is -0.234. The number of para-hydroxylation sites is 2. The van der Waals surface area contributed by atoms with Gasteiger partial charge in [0.15, 0.2) is 0 Å². The lowest BCUT2D eigenvalue weighted by molar-refractivity contribution is 0.0746. The molecule has 0 unspecified atom stereocenters. The van der Waals surface area contributed by atoms with E-state index in [0.717, 1.165) is 22.6 Å². The Bertz CT molecular complexity index is 1160. The number of hydrogen-bond acceptors (Lipinski definition) is 4. The number of halogens is 1. The molecular weight excluding hydrogens is 443 g/mol. The number of nitrogens with zero attached hydrogens (tertiary/aromatic N) is 2. The van der Waals surface area contributed by atoms with E-state index in [1.165, 1.54) is 6.07 Å². The Labute approximate surface area is 207 Å². The molecule has 0 radical (unpaired) electrons. The molecule has 6 heteroatoms. The van der Waals surface area contributed by atoms with Gasteiger partial charge in [-0.3, -0.25) is 4.79 Å². The lowest BCUT2D eigenvalue weighted by atomic mass is 10.0. The fourth-order valence-electron chi connectivity index (χ4n) is 4.41. The maximum atomic E-state index is 14.2. The summed E-state index contributed by atoms with van der Waals surface area (Å²) in [7, 11) is 0. The number of hydrogen-bond donors (Lipinski definition) is 0. The third-order valence-corrected chi connectivity index (χ3v) is 6.29. The van der Waals surface area contributed by atoms with Crippen LogP contribution in [-0.2, 0) is 6.61 Å². The van der Waals surface area contributed by atoms with E-state index >= 15 is 0 Å². The molecule has 1 aliphatic heterocycles. The van der Waals surface area contributed by atoms with Crippen LogP contribution in [0.5, 0.6) is 11.5 Å². The molecule has 5 nitrogen and oxygen atoms in total. The number of anilines is 1. The van der Waals surface area contributed by atoms with Gasteiger partial charge in [0, 0.05) is 37.3 Å². The number of carbonyl (C=O) groups is 1. The maximum Gasteiger partial charge on any atom is 0.253 e. The Morgan fingerprint density at radius 2 is 1.63 bits per heavy atom. The number of ether oxygens (including phenoxy) is 2. The molecule has 0 atom stereocenters. The molecule has 1 amide bonds. The highest BCUT2D eigenvalue weighted by molar-refractivity contribution is 5.94. The first-order chi connectivity index (χ1) is 17.0. The van der Waals surface area contributed by atoms with Crippen LogP contribution in [0.25, 0.3) is 0 Å². The van der Waals surface area contributed by atoms with Crippen LogP contribution >= 0.6 is 0 Å². The Morgan fingerprint density at radius 1 is 0.914 bits per heavy atom. The molecule has 0 saturated carbocycles. The zero-order valence-corrected chi connectivity index (χ0v) is 20.7. The van der Waals surface area contributed by atoms with Crippen molar-refractivity contribution in [2.24, 2.45) is 0 Å². The second-order valence-electron chi connectivity index (χ2n) is 8.97. The van der Waals surface area contributed by atoms with E-state index in [1.54, 1.807) is 12.1 Å². The van der Waals surface area contributed by atoms with Crippen LogP contribution in [-0.4, -0.2) is 43.6 Å². The summed E-state index contributed by atoms with van der Waals surface area (Å²) in [5.41, 5.74) is 3.16. The second kappa shape index (κ2) is 11.3. The van der Waals surface area contributed by atoms with Crippen LogP contribution < -0.4 is 14.4 Å². The van der Waals surface area contributed by atoms with E-state index in [9.17, 15) is 9.18 Å². The largest absolute Gasteiger partial charge is 0.493 e. The maximum absolute atomic E-state index is 14.2. The summed E-state index contributed by atoms with van der Waals surface area (Å²) in [6, 6.07) is 20.3. The van der Waals surface area contributed by atoms with Gasteiger partial charge in [-0.25, -0.2) is 4.39 Å². The third-order valence-electron chi connectivity index (χ3n) is 6.29. The van der Waals surface area contributed by atoms with Crippen LogP contribution in [0.1, 0.15) is 48.2 Å². The molecule has 1 saturated heterocycles. The smallest absolute Gasteiger partial charge is 0.253 e. The lowest BCUT2D eigenvalue weighted by Crippen LogP contribution is -2.49. The summed E-state index contributed by atoms with van der Waals surface area (Å²) >= 11 is 0. The zero-order valence-electron chi connectivity index (χ0n) is 20.7. The van der Waals surface area contributed by atoms with Crippen molar-refractivity contribution < 1.29 is 18.7 Å². The molecule has 3 aromatic rings. The molecule has 4 rings (SSSR count). The zero-order chi connectivity index (χ0) is 24.8. The van der Waals surface area contributed by atoms with E-state index < -0.39 is 0 Å². The standard InChI is InChI=1S/C29H33FN2O3/c1-4-34-27-14-13-22(19-23(27)20-35-28-12-8-5-9-24(28)21(2)3)29(33)32-17-15-31(16-18-32)26-11-7-6-10-25(26)30/h5-14,19,21H,4,15-18,20H2,1-3H3. The summed E-state index contributed by atoms with van der Waals surface area (Å²) in [6.07, 6.45) is 0. The molecule has 0 aromatic heterocycles. The molecule has 1 heterocycles. The van der Waals surface area contributed by atoms with E-state index in [0.29, 0.717) is 56.6 Å². The van der Waals surface area contributed by atoms with Crippen molar-refractivity contribution in [3.05, 3.63) is 89.2 Å². The summed E-state index contributed by atoms with van der Waals surface area (Å²) < 4.78 is 26.1. The molecular formula is C29H33FN2O3. The van der Waals surface area contributed by atoms with Crippen molar-refractivity contribution in [2.75, 3.05) is 37.7 Å². The Kier molecular flexibility index (Phi) is 7.91. The molecule has 0 N–H and O–H groups in total. The van der Waals surface area contributed by atoms with E-state index in [1.807, 2.05) is 59.2 Å². The number of carbonyl (C=O) groups excluding carboxylic acids is 1. The lowest BCUT2D eigenvalue weighted by Gasteiger charge is -2.36. The van der Waals surface area contributed by atoms with Gasteiger partial charge < -0.3 is 19.3 Å². The van der Waals surface area contributed by atoms with Gasteiger partial charge >= 0.3 is 0 Å². The molecule has 1 aliphatic rings. The molecule has 0 bridgehead atoms. The number of rotatable bonds is 8. The number of piperazine rings is 1. The SMILES string of the molecule is CCOc1ccc(C(=O)N2CCN(c3ccccc3F)CC2)cc1COc1ccccc1C(C)C. The third kappa shape index (κ3) is 5.76. The van der Waals surface area contributed by atoms with Gasteiger partial charge in [-0.15, -0.1) is 0 Å². The van der Waals surface area contributed by atoms with E-state index in [-0.39, 0.29) is 11.7 Å². The summed E-state index contributed by atoms with van der Waals surface area (Å²) in [4.78, 5) is 17.1. The average Bonchev–Trinajstić information content (AvgIpc) is 2.88. The topological polar surface area (TPSA) is 42.0 Å². The summed E-state index contributed by atoms with van der Waals surface area (Å²) in [5.74, 6) is 1.63. The first-order valence-corrected chi connectivity index (χ1v) is 12.2. The summed E-state index contributed by atoms with van der Waals surface area (Å²) in [6.45, 7) is 9.30. The van der Waals surface area contributed by atoms with Gasteiger partial charge in [-0.1, -0.05) is 44.2 Å². The van der Waals surface area contributed by atoms with Gasteiger partial charge in [0.25, 0.3) is 5.91 Å². The van der Waals surface area contributed by atoms with Crippen molar-refractivity contribution in [1.82, 2.24) is 4.90 Å². The van der Waals surface area contributed by atoms with Crippen molar-refractivity contribution in [3.8, 4) is 11.5 Å². The van der Waals surface area contributed by atoms with Crippen LogP contribution in [0.2, 0.25) is 0 Å².